The van der Waals surface area contributed by atoms with Crippen molar-refractivity contribution in [3.05, 3.63) is 0 Å². The van der Waals surface area contributed by atoms with Crippen molar-refractivity contribution in [1.29, 1.82) is 0 Å². The fraction of sp³-hybridized carbons (Fsp3) is 0.944. The average molecular weight is 343 g/mol. The van der Waals surface area contributed by atoms with Crippen LogP contribution < -0.4 is 5.32 Å². The van der Waals surface area contributed by atoms with Crippen molar-refractivity contribution in [3.63, 3.8) is 0 Å². The zero-order chi connectivity index (χ0) is 16.9. The topological polar surface area (TPSA) is 41.6 Å². The summed E-state index contributed by atoms with van der Waals surface area (Å²) < 4.78 is 5.46. The fourth-order valence-electron chi connectivity index (χ4n) is 3.49. The molecule has 0 aromatic carbocycles. The summed E-state index contributed by atoms with van der Waals surface area (Å²) in [4.78, 5) is 13.9. The number of nitrogens with zero attached hydrogens (tertiary/aromatic N) is 1. The van der Waals surface area contributed by atoms with Crippen molar-refractivity contribution >= 4 is 17.9 Å². The lowest BCUT2D eigenvalue weighted by Gasteiger charge is -2.34. The summed E-state index contributed by atoms with van der Waals surface area (Å²) in [5.41, 5.74) is -0.398. The van der Waals surface area contributed by atoms with Crippen molar-refractivity contribution in [2.75, 3.05) is 25.4 Å². The van der Waals surface area contributed by atoms with E-state index in [4.69, 9.17) is 4.74 Å². The number of carbonyl (C=O) groups is 1. The molecule has 5 heteroatoms. The molecule has 0 aromatic rings. The highest BCUT2D eigenvalue weighted by Crippen LogP contribution is 2.30. The first-order valence-corrected chi connectivity index (χ1v) is 10.2. The van der Waals surface area contributed by atoms with Crippen molar-refractivity contribution in [3.8, 4) is 0 Å². The molecule has 2 fully saturated rings. The number of ether oxygens (including phenoxy) is 1. The number of carbonyl (C=O) groups excluding carboxylic acids is 1. The van der Waals surface area contributed by atoms with Crippen LogP contribution in [0.15, 0.2) is 0 Å². The highest BCUT2D eigenvalue weighted by Gasteiger charge is 2.28. The minimum absolute atomic E-state index is 0.154. The minimum Gasteiger partial charge on any atom is -0.444 e. The quantitative estimate of drug-likeness (QED) is 0.823. The maximum absolute atomic E-state index is 12.1. The number of thioether (sulfide) groups is 1. The van der Waals surface area contributed by atoms with Gasteiger partial charge in [0.2, 0.25) is 0 Å². The van der Waals surface area contributed by atoms with Crippen molar-refractivity contribution in [1.82, 2.24) is 10.2 Å². The number of amides is 1. The molecule has 0 radical (unpaired) electrons. The Morgan fingerprint density at radius 2 is 1.91 bits per heavy atom. The van der Waals surface area contributed by atoms with E-state index < -0.39 is 5.60 Å². The SMILES string of the molecule is CCSC1CCC(NCC2CCN(C(=O)OC(C)(C)C)CC2)C1. The van der Waals surface area contributed by atoms with Gasteiger partial charge in [-0.15, -0.1) is 0 Å². The Labute approximate surface area is 146 Å². The third-order valence-electron chi connectivity index (χ3n) is 4.75. The second kappa shape index (κ2) is 8.61. The van der Waals surface area contributed by atoms with Gasteiger partial charge in [-0.25, -0.2) is 4.79 Å². The van der Waals surface area contributed by atoms with E-state index in [0.29, 0.717) is 12.0 Å². The molecule has 1 heterocycles. The number of likely N-dealkylation sites (tertiary alicyclic amines) is 1. The molecule has 1 N–H and O–H groups in total. The predicted octanol–water partition coefficient (Wildman–Crippen LogP) is 3.90. The fourth-order valence-corrected chi connectivity index (χ4v) is 4.63. The van der Waals surface area contributed by atoms with Gasteiger partial charge in [-0.1, -0.05) is 6.92 Å². The molecule has 1 saturated carbocycles. The van der Waals surface area contributed by atoms with E-state index >= 15 is 0 Å². The van der Waals surface area contributed by atoms with E-state index in [2.05, 4.69) is 24.0 Å². The van der Waals surface area contributed by atoms with E-state index in [1.165, 1.54) is 25.0 Å². The second-order valence-electron chi connectivity index (χ2n) is 7.91. The number of hydrogen-bond donors (Lipinski definition) is 1. The second-order valence-corrected chi connectivity index (χ2v) is 9.48. The molecular weight excluding hydrogens is 308 g/mol. The zero-order valence-corrected chi connectivity index (χ0v) is 16.1. The van der Waals surface area contributed by atoms with Gasteiger partial charge in [-0.05, 0) is 71.1 Å². The Morgan fingerprint density at radius 3 is 2.52 bits per heavy atom. The largest absolute Gasteiger partial charge is 0.444 e. The Kier molecular flexibility index (Phi) is 7.08. The van der Waals surface area contributed by atoms with Gasteiger partial charge in [-0.3, -0.25) is 0 Å². The highest BCUT2D eigenvalue weighted by molar-refractivity contribution is 7.99. The van der Waals surface area contributed by atoms with E-state index in [1.54, 1.807) is 0 Å². The molecule has 1 aliphatic carbocycles. The number of hydrogen-bond acceptors (Lipinski definition) is 4. The highest BCUT2D eigenvalue weighted by atomic mass is 32.2. The summed E-state index contributed by atoms with van der Waals surface area (Å²) in [7, 11) is 0. The van der Waals surface area contributed by atoms with Gasteiger partial charge in [0.25, 0.3) is 0 Å². The normalized spacial score (nSPS) is 26.5. The maximum Gasteiger partial charge on any atom is 0.410 e. The van der Waals surface area contributed by atoms with E-state index in [9.17, 15) is 4.79 Å². The van der Waals surface area contributed by atoms with Crippen molar-refractivity contribution < 1.29 is 9.53 Å². The van der Waals surface area contributed by atoms with Crippen LogP contribution in [-0.2, 0) is 4.74 Å². The van der Waals surface area contributed by atoms with Gasteiger partial charge in [0.15, 0.2) is 0 Å². The lowest BCUT2D eigenvalue weighted by Crippen LogP contribution is -2.44. The van der Waals surface area contributed by atoms with E-state index in [1.807, 2.05) is 25.7 Å². The van der Waals surface area contributed by atoms with Gasteiger partial charge in [-0.2, -0.15) is 11.8 Å². The van der Waals surface area contributed by atoms with Crippen LogP contribution in [0.4, 0.5) is 4.79 Å². The van der Waals surface area contributed by atoms with Crippen molar-refractivity contribution in [2.24, 2.45) is 5.92 Å². The number of rotatable bonds is 5. The summed E-state index contributed by atoms with van der Waals surface area (Å²) >= 11 is 2.11. The minimum atomic E-state index is -0.398. The molecule has 2 rings (SSSR count). The summed E-state index contributed by atoms with van der Waals surface area (Å²) in [5.74, 6) is 1.94. The molecule has 0 aromatic heterocycles. The number of piperidine rings is 1. The molecule has 0 bridgehead atoms. The van der Waals surface area contributed by atoms with Gasteiger partial charge in [0.05, 0.1) is 0 Å². The first kappa shape index (κ1) is 18.9. The molecule has 0 spiro atoms. The van der Waals surface area contributed by atoms with Crippen LogP contribution in [0.25, 0.3) is 0 Å². The van der Waals surface area contributed by atoms with Crippen LogP contribution >= 0.6 is 11.8 Å². The molecule has 134 valence electrons. The molecule has 23 heavy (non-hydrogen) atoms. The first-order valence-electron chi connectivity index (χ1n) is 9.20. The smallest absolute Gasteiger partial charge is 0.410 e. The Hall–Kier alpha value is -0.420. The molecule has 2 unspecified atom stereocenters. The van der Waals surface area contributed by atoms with Gasteiger partial charge in [0.1, 0.15) is 5.60 Å². The van der Waals surface area contributed by atoms with Crippen LogP contribution in [0.1, 0.15) is 59.8 Å². The lowest BCUT2D eigenvalue weighted by molar-refractivity contribution is 0.0183. The molecule has 1 aliphatic heterocycles. The first-order chi connectivity index (χ1) is 10.9. The van der Waals surface area contributed by atoms with Crippen LogP contribution in [0.3, 0.4) is 0 Å². The predicted molar refractivity (Wildman–Crippen MR) is 98.1 cm³/mol. The van der Waals surface area contributed by atoms with Crippen LogP contribution in [0.5, 0.6) is 0 Å². The van der Waals surface area contributed by atoms with Crippen LogP contribution in [0.2, 0.25) is 0 Å². The Morgan fingerprint density at radius 1 is 1.22 bits per heavy atom. The summed E-state index contributed by atoms with van der Waals surface area (Å²) in [6.45, 7) is 10.8. The number of nitrogens with one attached hydrogen (secondary N) is 1. The summed E-state index contributed by atoms with van der Waals surface area (Å²) in [6, 6.07) is 0.711. The molecule has 2 atom stereocenters. The molecular formula is C18H34N2O2S. The standard InChI is InChI=1S/C18H34N2O2S/c1-5-23-16-7-6-15(12-16)19-13-14-8-10-20(11-9-14)17(21)22-18(2,3)4/h14-16,19H,5-13H2,1-4H3. The van der Waals surface area contributed by atoms with E-state index in [-0.39, 0.29) is 6.09 Å². The maximum atomic E-state index is 12.1. The lowest BCUT2D eigenvalue weighted by atomic mass is 9.96. The molecule has 1 saturated heterocycles. The molecule has 4 nitrogen and oxygen atoms in total. The van der Waals surface area contributed by atoms with Crippen LogP contribution in [-0.4, -0.2) is 53.3 Å². The van der Waals surface area contributed by atoms with Crippen molar-refractivity contribution in [2.45, 2.75) is 76.7 Å². The van der Waals surface area contributed by atoms with E-state index in [0.717, 1.165) is 37.7 Å². The summed E-state index contributed by atoms with van der Waals surface area (Å²) in [6.07, 6.45) is 6.05. The Balaban J connectivity index is 1.63. The Bertz CT molecular complexity index is 376. The van der Waals surface area contributed by atoms with Gasteiger partial charge in [0, 0.05) is 24.4 Å². The monoisotopic (exact) mass is 342 g/mol. The third-order valence-corrected chi connectivity index (χ3v) is 5.98. The molecule has 2 aliphatic rings. The third kappa shape index (κ3) is 6.54. The van der Waals surface area contributed by atoms with Gasteiger partial charge < -0.3 is 15.0 Å². The average Bonchev–Trinajstić information content (AvgIpc) is 2.92. The van der Waals surface area contributed by atoms with Crippen LogP contribution in [0, 0.1) is 5.92 Å². The van der Waals surface area contributed by atoms with Gasteiger partial charge >= 0.3 is 6.09 Å². The zero-order valence-electron chi connectivity index (χ0n) is 15.3. The summed E-state index contributed by atoms with van der Waals surface area (Å²) in [5, 5.41) is 4.64. The molecule has 1 amide bonds.